The van der Waals surface area contributed by atoms with Gasteiger partial charge in [0.15, 0.2) is 5.69 Å². The third-order valence-electron chi connectivity index (χ3n) is 5.85. The lowest BCUT2D eigenvalue weighted by atomic mass is 10.0. The molecule has 3 aromatic rings. The zero-order valence-electron chi connectivity index (χ0n) is 22.5. The summed E-state index contributed by atoms with van der Waals surface area (Å²) < 4.78 is 82.2. The standard InChI is InChI=1S/C23H25F4N7O2/c1-12-11-34(18(14(3)36-12)10-31-22-29-7-15(8-30-22)23(25,26)27)21(35)20-19(13(2)33(4)32-20)17-6-5-16(24)9-28-17/h5-9,12,14,18H,10-11H2,1-4H3,(H,29,30,31)/t12-,14+,18-/m1/s1/i4D3. The number of halogens is 4. The van der Waals surface area contributed by atoms with E-state index >= 15 is 0 Å². The first-order valence-electron chi connectivity index (χ1n) is 12.5. The Morgan fingerprint density at radius 3 is 2.56 bits per heavy atom. The lowest BCUT2D eigenvalue weighted by Crippen LogP contribution is -2.58. The maximum Gasteiger partial charge on any atom is 0.419 e. The molecule has 9 nitrogen and oxygen atoms in total. The van der Waals surface area contributed by atoms with Crippen molar-refractivity contribution in [2.75, 3.05) is 18.4 Å². The largest absolute Gasteiger partial charge is 0.419 e. The molecule has 3 atom stereocenters. The van der Waals surface area contributed by atoms with Crippen LogP contribution in [0.15, 0.2) is 30.7 Å². The molecule has 4 heterocycles. The van der Waals surface area contributed by atoms with Crippen LogP contribution in [0.25, 0.3) is 11.3 Å². The number of aromatic nitrogens is 5. The summed E-state index contributed by atoms with van der Waals surface area (Å²) in [7, 11) is 0. The monoisotopic (exact) mass is 510 g/mol. The first kappa shape index (κ1) is 21.7. The van der Waals surface area contributed by atoms with Crippen LogP contribution < -0.4 is 5.32 Å². The van der Waals surface area contributed by atoms with Gasteiger partial charge >= 0.3 is 6.18 Å². The molecule has 0 spiro atoms. The number of nitrogens with zero attached hydrogens (tertiary/aromatic N) is 6. The number of nitrogens with one attached hydrogen (secondary N) is 1. The zero-order chi connectivity index (χ0) is 28.7. The van der Waals surface area contributed by atoms with Crippen molar-refractivity contribution in [3.8, 4) is 11.3 Å². The number of anilines is 1. The topological polar surface area (TPSA) is 98.1 Å². The molecule has 0 radical (unpaired) electrons. The molecule has 1 saturated heterocycles. The summed E-state index contributed by atoms with van der Waals surface area (Å²) in [6.45, 7) is 2.37. The Hall–Kier alpha value is -3.61. The summed E-state index contributed by atoms with van der Waals surface area (Å²) in [4.78, 5) is 26.8. The second-order valence-corrected chi connectivity index (χ2v) is 8.43. The van der Waals surface area contributed by atoms with Crippen molar-refractivity contribution in [2.45, 2.75) is 45.2 Å². The molecule has 1 fully saturated rings. The molecule has 0 aromatic carbocycles. The maximum absolute atomic E-state index is 13.9. The Labute approximate surface area is 208 Å². The fraction of sp³-hybridized carbons (Fsp3) is 0.435. The molecule has 0 bridgehead atoms. The van der Waals surface area contributed by atoms with Crippen LogP contribution in [-0.2, 0) is 17.9 Å². The van der Waals surface area contributed by atoms with Gasteiger partial charge in [-0.1, -0.05) is 0 Å². The predicted octanol–water partition coefficient (Wildman–Crippen LogP) is 3.47. The summed E-state index contributed by atoms with van der Waals surface area (Å²) in [5.74, 6) is -1.32. The predicted molar refractivity (Wildman–Crippen MR) is 121 cm³/mol. The fourth-order valence-electron chi connectivity index (χ4n) is 4.06. The Bertz CT molecular complexity index is 1330. The lowest BCUT2D eigenvalue weighted by molar-refractivity contribution is -0.138. The van der Waals surface area contributed by atoms with Gasteiger partial charge in [-0.25, -0.2) is 14.4 Å². The van der Waals surface area contributed by atoms with Gasteiger partial charge in [0.1, 0.15) is 5.82 Å². The number of rotatable bonds is 5. The van der Waals surface area contributed by atoms with E-state index in [2.05, 4.69) is 25.4 Å². The summed E-state index contributed by atoms with van der Waals surface area (Å²) >= 11 is 0. The number of aryl methyl sites for hydroxylation is 1. The van der Waals surface area contributed by atoms with Crippen LogP contribution in [0, 0.1) is 12.7 Å². The van der Waals surface area contributed by atoms with E-state index in [0.29, 0.717) is 12.4 Å². The van der Waals surface area contributed by atoms with E-state index in [4.69, 9.17) is 8.85 Å². The number of pyridine rings is 1. The number of ether oxygens (including phenoxy) is 1. The van der Waals surface area contributed by atoms with E-state index < -0.39 is 42.6 Å². The highest BCUT2D eigenvalue weighted by molar-refractivity contribution is 5.99. The Kier molecular flexibility index (Phi) is 5.89. The van der Waals surface area contributed by atoms with Crippen molar-refractivity contribution in [1.29, 1.82) is 0 Å². The second-order valence-electron chi connectivity index (χ2n) is 8.43. The van der Waals surface area contributed by atoms with E-state index in [-0.39, 0.29) is 47.8 Å². The molecule has 1 amide bonds. The van der Waals surface area contributed by atoms with Crippen LogP contribution in [0.5, 0.6) is 0 Å². The molecule has 192 valence electrons. The van der Waals surface area contributed by atoms with Gasteiger partial charge in [-0.05, 0) is 32.9 Å². The van der Waals surface area contributed by atoms with E-state index in [9.17, 15) is 22.4 Å². The molecular weight excluding hydrogens is 482 g/mol. The first-order chi connectivity index (χ1) is 18.2. The van der Waals surface area contributed by atoms with E-state index in [1.165, 1.54) is 17.9 Å². The smallest absolute Gasteiger partial charge is 0.372 e. The van der Waals surface area contributed by atoms with Gasteiger partial charge in [-0.3, -0.25) is 14.5 Å². The highest BCUT2D eigenvalue weighted by Crippen LogP contribution is 2.30. The fourth-order valence-corrected chi connectivity index (χ4v) is 4.06. The summed E-state index contributed by atoms with van der Waals surface area (Å²) in [6.07, 6.45) is -3.26. The number of carbonyl (C=O) groups excluding carboxylic acids is 1. The quantitative estimate of drug-likeness (QED) is 0.525. The molecular formula is C23H25F4N7O2. The molecule has 1 aliphatic heterocycles. The van der Waals surface area contributed by atoms with Crippen molar-refractivity contribution in [3.05, 3.63) is 53.5 Å². The minimum absolute atomic E-state index is 0.00802. The molecule has 0 unspecified atom stereocenters. The van der Waals surface area contributed by atoms with Crippen molar-refractivity contribution in [1.82, 2.24) is 29.6 Å². The van der Waals surface area contributed by atoms with Crippen molar-refractivity contribution in [2.24, 2.45) is 6.98 Å². The normalized spacial score (nSPS) is 22.0. The zero-order valence-corrected chi connectivity index (χ0v) is 19.5. The lowest BCUT2D eigenvalue weighted by Gasteiger charge is -2.42. The van der Waals surface area contributed by atoms with Crippen LogP contribution in [0.4, 0.5) is 23.5 Å². The molecule has 1 aliphatic rings. The van der Waals surface area contributed by atoms with Crippen LogP contribution in [0.3, 0.4) is 0 Å². The Morgan fingerprint density at radius 2 is 1.94 bits per heavy atom. The van der Waals surface area contributed by atoms with Gasteiger partial charge in [0.05, 0.1) is 41.3 Å². The van der Waals surface area contributed by atoms with Gasteiger partial charge in [0, 0.05) is 42.3 Å². The third kappa shape index (κ3) is 5.15. The van der Waals surface area contributed by atoms with Gasteiger partial charge in [0.25, 0.3) is 5.91 Å². The van der Waals surface area contributed by atoms with Gasteiger partial charge in [-0.2, -0.15) is 18.3 Å². The summed E-state index contributed by atoms with van der Waals surface area (Å²) in [5, 5.41) is 6.96. The number of hydrogen-bond donors (Lipinski definition) is 1. The molecule has 13 heteroatoms. The van der Waals surface area contributed by atoms with Gasteiger partial charge in [0.2, 0.25) is 5.95 Å². The van der Waals surface area contributed by atoms with Crippen LogP contribution in [0.2, 0.25) is 0 Å². The number of amides is 1. The van der Waals surface area contributed by atoms with Crippen molar-refractivity contribution in [3.63, 3.8) is 0 Å². The van der Waals surface area contributed by atoms with Gasteiger partial charge < -0.3 is 15.0 Å². The van der Waals surface area contributed by atoms with Crippen LogP contribution >= 0.6 is 0 Å². The average molecular weight is 511 g/mol. The minimum atomic E-state index is -4.59. The molecule has 36 heavy (non-hydrogen) atoms. The number of carbonyl (C=O) groups is 1. The third-order valence-corrected chi connectivity index (χ3v) is 5.85. The van der Waals surface area contributed by atoms with Crippen molar-refractivity contribution >= 4 is 11.9 Å². The van der Waals surface area contributed by atoms with E-state index in [0.717, 1.165) is 16.9 Å². The molecule has 0 saturated carbocycles. The van der Waals surface area contributed by atoms with Gasteiger partial charge in [-0.15, -0.1) is 0 Å². The summed E-state index contributed by atoms with van der Waals surface area (Å²) in [5.41, 5.74) is -0.759. The SMILES string of the molecule is [2H]C([2H])([2H])n1nc(C(=O)N2C[C@@H](C)O[C@@H](C)[C@H]2CNc2ncc(C(F)(F)F)cn2)c(-c2ccc(F)cn2)c1C. The highest BCUT2D eigenvalue weighted by atomic mass is 19.4. The van der Waals surface area contributed by atoms with Crippen molar-refractivity contribution < 1.29 is 31.2 Å². The number of hydrogen-bond acceptors (Lipinski definition) is 7. The Morgan fingerprint density at radius 1 is 1.22 bits per heavy atom. The van der Waals surface area contributed by atoms with Crippen LogP contribution in [0.1, 0.15) is 39.7 Å². The van der Waals surface area contributed by atoms with E-state index in [1.807, 2.05) is 0 Å². The molecule has 3 aromatic heterocycles. The Balaban J connectivity index is 1.68. The molecule has 0 aliphatic carbocycles. The maximum atomic E-state index is 13.9. The minimum Gasteiger partial charge on any atom is -0.372 e. The van der Waals surface area contributed by atoms with E-state index in [1.54, 1.807) is 13.8 Å². The molecule has 1 N–H and O–H groups in total. The average Bonchev–Trinajstić information content (AvgIpc) is 3.20. The summed E-state index contributed by atoms with van der Waals surface area (Å²) in [6, 6.07) is 1.80. The van der Waals surface area contributed by atoms with Crippen LogP contribution in [-0.4, -0.2) is 66.9 Å². The first-order valence-corrected chi connectivity index (χ1v) is 11.0. The molecule has 4 rings (SSSR count). The highest BCUT2D eigenvalue weighted by Gasteiger charge is 2.38. The second kappa shape index (κ2) is 9.80. The number of alkyl halides is 3. The number of morpholine rings is 1.